The number of hydrogen-bond acceptors (Lipinski definition) is 3. The first-order chi connectivity index (χ1) is 10.2. The molecule has 1 aromatic heterocycles. The molecule has 104 valence electrons. The number of hydrogen-bond donors (Lipinski definition) is 0. The summed E-state index contributed by atoms with van der Waals surface area (Å²) < 4.78 is 5.80. The lowest BCUT2D eigenvalue weighted by atomic mass is 9.89. The molecule has 0 bridgehead atoms. The molecule has 1 unspecified atom stereocenters. The molecule has 1 atom stereocenters. The van der Waals surface area contributed by atoms with Crippen LogP contribution in [0.5, 0.6) is 11.6 Å². The highest BCUT2D eigenvalue weighted by molar-refractivity contribution is 5.83. The van der Waals surface area contributed by atoms with Crippen molar-refractivity contribution in [3.8, 4) is 24.0 Å². The quantitative estimate of drug-likeness (QED) is 0.688. The molecular weight excluding hydrogens is 262 g/mol. The molecule has 0 spiro atoms. The highest BCUT2D eigenvalue weighted by Gasteiger charge is 2.21. The van der Waals surface area contributed by atoms with Gasteiger partial charge in [0.05, 0.1) is 5.92 Å². The minimum absolute atomic E-state index is 0.0895. The lowest BCUT2D eigenvalue weighted by molar-refractivity contribution is -0.118. The van der Waals surface area contributed by atoms with Crippen molar-refractivity contribution in [2.24, 2.45) is 0 Å². The van der Waals surface area contributed by atoms with Crippen LogP contribution >= 0.6 is 0 Å². The van der Waals surface area contributed by atoms with Gasteiger partial charge in [0.2, 0.25) is 5.88 Å². The summed E-state index contributed by atoms with van der Waals surface area (Å²) in [4.78, 5) is 16.0. The van der Waals surface area contributed by atoms with Gasteiger partial charge in [-0.15, -0.1) is 12.3 Å². The first-order valence-electron chi connectivity index (χ1n) is 6.87. The van der Waals surface area contributed by atoms with E-state index in [-0.39, 0.29) is 11.7 Å². The van der Waals surface area contributed by atoms with E-state index in [1.165, 1.54) is 0 Å². The van der Waals surface area contributed by atoms with Gasteiger partial charge in [0.25, 0.3) is 0 Å². The summed E-state index contributed by atoms with van der Waals surface area (Å²) in [6, 6.07) is 9.73. The van der Waals surface area contributed by atoms with Crippen molar-refractivity contribution in [3.63, 3.8) is 0 Å². The maximum atomic E-state index is 11.8. The van der Waals surface area contributed by atoms with E-state index in [0.717, 1.165) is 28.9 Å². The van der Waals surface area contributed by atoms with Crippen molar-refractivity contribution in [1.29, 1.82) is 0 Å². The fourth-order valence-corrected chi connectivity index (χ4v) is 2.63. The zero-order valence-corrected chi connectivity index (χ0v) is 11.8. The smallest absolute Gasteiger partial charge is 0.222 e. The first kappa shape index (κ1) is 13.4. The van der Waals surface area contributed by atoms with Crippen LogP contribution in [0.15, 0.2) is 36.5 Å². The van der Waals surface area contributed by atoms with E-state index in [2.05, 4.69) is 10.9 Å². The lowest BCUT2D eigenvalue weighted by Gasteiger charge is -2.21. The van der Waals surface area contributed by atoms with Gasteiger partial charge in [-0.1, -0.05) is 18.2 Å². The molecule has 0 saturated heterocycles. The molecule has 2 aromatic rings. The number of carbonyl (C=O) groups excluding carboxylic acids is 1. The third-order valence-corrected chi connectivity index (χ3v) is 3.74. The minimum atomic E-state index is -0.240. The fraction of sp³-hybridized carbons (Fsp3) is 0.222. The molecule has 3 heteroatoms. The predicted octanol–water partition coefficient (Wildman–Crippen LogP) is 3.47. The molecule has 0 N–H and O–H groups in total. The van der Waals surface area contributed by atoms with E-state index in [1.807, 2.05) is 30.3 Å². The Morgan fingerprint density at radius 1 is 1.43 bits per heavy atom. The number of nitrogens with zero attached hydrogens (tertiary/aromatic N) is 1. The highest BCUT2D eigenvalue weighted by Crippen LogP contribution is 2.36. The number of benzene rings is 1. The molecule has 1 aliphatic rings. The SMILES string of the molecule is C#CCC(C(C)=O)c1ccc2c(c1)Cc1cccnc1O2. The van der Waals surface area contributed by atoms with Crippen LogP contribution in [-0.4, -0.2) is 10.8 Å². The molecule has 1 aliphatic heterocycles. The largest absolute Gasteiger partial charge is 0.438 e. The summed E-state index contributed by atoms with van der Waals surface area (Å²) in [7, 11) is 0. The maximum Gasteiger partial charge on any atom is 0.222 e. The number of terminal acetylenes is 1. The zero-order valence-electron chi connectivity index (χ0n) is 11.8. The summed E-state index contributed by atoms with van der Waals surface area (Å²) in [5.41, 5.74) is 3.07. The Kier molecular flexibility index (Phi) is 3.45. The second kappa shape index (κ2) is 5.41. The third-order valence-electron chi connectivity index (χ3n) is 3.74. The van der Waals surface area contributed by atoms with E-state index in [0.29, 0.717) is 12.3 Å². The monoisotopic (exact) mass is 277 g/mol. The van der Waals surface area contributed by atoms with Gasteiger partial charge in [-0.05, 0) is 30.2 Å². The molecule has 2 heterocycles. The van der Waals surface area contributed by atoms with E-state index in [4.69, 9.17) is 11.2 Å². The van der Waals surface area contributed by atoms with Gasteiger partial charge < -0.3 is 4.74 Å². The molecule has 0 aliphatic carbocycles. The van der Waals surface area contributed by atoms with Crippen molar-refractivity contribution in [2.75, 3.05) is 0 Å². The number of Topliss-reactive ketones (excluding diaryl/α,β-unsaturated/α-hetero) is 1. The van der Waals surface area contributed by atoms with Crippen molar-refractivity contribution >= 4 is 5.78 Å². The Labute approximate surface area is 124 Å². The molecule has 21 heavy (non-hydrogen) atoms. The van der Waals surface area contributed by atoms with Crippen LogP contribution in [0.25, 0.3) is 0 Å². The van der Waals surface area contributed by atoms with Crippen molar-refractivity contribution in [1.82, 2.24) is 4.98 Å². The summed E-state index contributed by atoms with van der Waals surface area (Å²) in [5, 5.41) is 0. The number of ether oxygens (including phenoxy) is 1. The molecule has 3 nitrogen and oxygen atoms in total. The summed E-state index contributed by atoms with van der Waals surface area (Å²) in [6.07, 6.45) is 8.27. The lowest BCUT2D eigenvalue weighted by Crippen LogP contribution is -2.10. The average molecular weight is 277 g/mol. The molecule has 0 radical (unpaired) electrons. The molecule has 1 aromatic carbocycles. The van der Waals surface area contributed by atoms with E-state index < -0.39 is 0 Å². The van der Waals surface area contributed by atoms with Gasteiger partial charge in [0.1, 0.15) is 11.5 Å². The molecule has 0 amide bonds. The summed E-state index contributed by atoms with van der Waals surface area (Å²) >= 11 is 0. The maximum absolute atomic E-state index is 11.8. The Bertz CT molecular complexity index is 743. The Hall–Kier alpha value is -2.60. The van der Waals surface area contributed by atoms with Crippen molar-refractivity contribution in [2.45, 2.75) is 25.7 Å². The van der Waals surface area contributed by atoms with Gasteiger partial charge in [0.15, 0.2) is 0 Å². The van der Waals surface area contributed by atoms with Gasteiger partial charge in [-0.2, -0.15) is 0 Å². The second-order valence-electron chi connectivity index (χ2n) is 5.19. The molecule has 3 rings (SSSR count). The molecule has 0 saturated carbocycles. The number of fused-ring (bicyclic) bond motifs is 2. The standard InChI is InChI=1S/C18H15NO2/c1-3-5-16(12(2)20)13-7-8-17-15(10-13)11-14-6-4-9-19-18(14)21-17/h1,4,6-10,16H,5,11H2,2H3. The van der Waals surface area contributed by atoms with Gasteiger partial charge in [-0.3, -0.25) is 4.79 Å². The van der Waals surface area contributed by atoms with Gasteiger partial charge >= 0.3 is 0 Å². The van der Waals surface area contributed by atoms with E-state index in [9.17, 15) is 4.79 Å². The van der Waals surface area contributed by atoms with Crippen LogP contribution in [-0.2, 0) is 11.2 Å². The Morgan fingerprint density at radius 2 is 2.29 bits per heavy atom. The van der Waals surface area contributed by atoms with Crippen LogP contribution in [0.4, 0.5) is 0 Å². The van der Waals surface area contributed by atoms with Crippen LogP contribution in [0.2, 0.25) is 0 Å². The van der Waals surface area contributed by atoms with E-state index >= 15 is 0 Å². The van der Waals surface area contributed by atoms with Crippen LogP contribution in [0, 0.1) is 12.3 Å². The minimum Gasteiger partial charge on any atom is -0.438 e. The average Bonchev–Trinajstić information content (AvgIpc) is 2.49. The van der Waals surface area contributed by atoms with E-state index in [1.54, 1.807) is 13.1 Å². The van der Waals surface area contributed by atoms with Crippen LogP contribution < -0.4 is 4.74 Å². The number of rotatable bonds is 3. The van der Waals surface area contributed by atoms with Gasteiger partial charge in [-0.25, -0.2) is 4.98 Å². The van der Waals surface area contributed by atoms with Crippen LogP contribution in [0.3, 0.4) is 0 Å². The highest BCUT2D eigenvalue weighted by atomic mass is 16.5. The van der Waals surface area contributed by atoms with Gasteiger partial charge in [0, 0.05) is 24.6 Å². The Balaban J connectivity index is 1.97. The topological polar surface area (TPSA) is 39.2 Å². The predicted molar refractivity (Wildman–Crippen MR) is 80.4 cm³/mol. The molecule has 0 fully saturated rings. The first-order valence-corrected chi connectivity index (χ1v) is 6.87. The second-order valence-corrected chi connectivity index (χ2v) is 5.19. The van der Waals surface area contributed by atoms with Crippen molar-refractivity contribution in [3.05, 3.63) is 53.2 Å². The number of aromatic nitrogens is 1. The van der Waals surface area contributed by atoms with Crippen molar-refractivity contribution < 1.29 is 9.53 Å². The summed E-state index contributed by atoms with van der Waals surface area (Å²) in [5.74, 6) is 3.89. The fourth-order valence-electron chi connectivity index (χ4n) is 2.63. The number of ketones is 1. The number of pyridine rings is 1. The molecular formula is C18H15NO2. The zero-order chi connectivity index (χ0) is 14.8. The van der Waals surface area contributed by atoms with Crippen LogP contribution in [0.1, 0.15) is 36.0 Å². The summed E-state index contributed by atoms with van der Waals surface area (Å²) in [6.45, 7) is 1.58. The Morgan fingerprint density at radius 3 is 3.05 bits per heavy atom. The number of carbonyl (C=O) groups is 1. The normalized spacial score (nSPS) is 13.3. The third kappa shape index (κ3) is 2.53.